The molecule has 1 aliphatic heterocycles. The molecule has 3 nitrogen and oxygen atoms in total. The van der Waals surface area contributed by atoms with Crippen LogP contribution in [0, 0.1) is 0 Å². The molecule has 2 aromatic rings. The SMILES string of the molecule is c1cncc(CNc2cccc(N3CCCC3)c2)c1. The van der Waals surface area contributed by atoms with E-state index in [2.05, 4.69) is 45.5 Å². The first kappa shape index (κ1) is 12.0. The zero-order valence-electron chi connectivity index (χ0n) is 11.0. The van der Waals surface area contributed by atoms with Crippen molar-refractivity contribution in [2.75, 3.05) is 23.3 Å². The highest BCUT2D eigenvalue weighted by Crippen LogP contribution is 2.23. The first-order chi connectivity index (χ1) is 9.42. The molecule has 0 bridgehead atoms. The summed E-state index contributed by atoms with van der Waals surface area (Å²) in [4.78, 5) is 6.58. The molecule has 3 heteroatoms. The maximum atomic E-state index is 4.13. The molecule has 0 aliphatic carbocycles. The summed E-state index contributed by atoms with van der Waals surface area (Å²) in [5, 5.41) is 3.46. The number of aromatic nitrogens is 1. The lowest BCUT2D eigenvalue weighted by Crippen LogP contribution is -2.17. The molecule has 2 heterocycles. The Morgan fingerprint density at radius 3 is 2.79 bits per heavy atom. The van der Waals surface area contributed by atoms with Gasteiger partial charge in [-0.1, -0.05) is 12.1 Å². The fourth-order valence-corrected chi connectivity index (χ4v) is 2.49. The molecule has 1 aromatic heterocycles. The number of benzene rings is 1. The molecule has 0 amide bonds. The van der Waals surface area contributed by atoms with Gasteiger partial charge in [-0.2, -0.15) is 0 Å². The number of anilines is 2. The van der Waals surface area contributed by atoms with Crippen LogP contribution in [-0.4, -0.2) is 18.1 Å². The van der Waals surface area contributed by atoms with Crippen molar-refractivity contribution in [3.05, 3.63) is 54.4 Å². The molecule has 0 unspecified atom stereocenters. The summed E-state index contributed by atoms with van der Waals surface area (Å²) in [6, 6.07) is 12.7. The van der Waals surface area contributed by atoms with E-state index in [0.717, 1.165) is 6.54 Å². The molecule has 3 rings (SSSR count). The van der Waals surface area contributed by atoms with Gasteiger partial charge in [-0.3, -0.25) is 4.98 Å². The van der Waals surface area contributed by atoms with Gasteiger partial charge < -0.3 is 10.2 Å². The Morgan fingerprint density at radius 1 is 1.11 bits per heavy atom. The van der Waals surface area contributed by atoms with Gasteiger partial charge in [-0.25, -0.2) is 0 Å². The molecule has 1 fully saturated rings. The monoisotopic (exact) mass is 253 g/mol. The van der Waals surface area contributed by atoms with Gasteiger partial charge in [0.25, 0.3) is 0 Å². The molecule has 1 aromatic carbocycles. The molecular weight excluding hydrogens is 234 g/mol. The summed E-state index contributed by atoms with van der Waals surface area (Å²) < 4.78 is 0. The molecule has 0 saturated carbocycles. The third-order valence-corrected chi connectivity index (χ3v) is 3.54. The second-order valence-corrected chi connectivity index (χ2v) is 4.96. The summed E-state index contributed by atoms with van der Waals surface area (Å²) >= 11 is 0. The van der Waals surface area contributed by atoms with Gasteiger partial charge in [0.15, 0.2) is 0 Å². The summed E-state index contributed by atoms with van der Waals surface area (Å²) in [5.74, 6) is 0. The van der Waals surface area contributed by atoms with Crippen molar-refractivity contribution in [1.29, 1.82) is 0 Å². The summed E-state index contributed by atoms with van der Waals surface area (Å²) in [6.45, 7) is 3.19. The molecule has 98 valence electrons. The Kier molecular flexibility index (Phi) is 3.63. The Bertz CT molecular complexity index is 519. The zero-order valence-corrected chi connectivity index (χ0v) is 11.0. The van der Waals surface area contributed by atoms with Gasteiger partial charge in [0.1, 0.15) is 0 Å². The Morgan fingerprint density at radius 2 is 2.00 bits per heavy atom. The Labute approximate surface area is 114 Å². The highest BCUT2D eigenvalue weighted by atomic mass is 15.1. The van der Waals surface area contributed by atoms with Gasteiger partial charge in [0.2, 0.25) is 0 Å². The number of nitrogens with zero attached hydrogens (tertiary/aromatic N) is 2. The molecule has 1 saturated heterocycles. The average molecular weight is 253 g/mol. The van der Waals surface area contributed by atoms with E-state index in [9.17, 15) is 0 Å². The van der Waals surface area contributed by atoms with E-state index in [0.29, 0.717) is 0 Å². The summed E-state index contributed by atoms with van der Waals surface area (Å²) in [6.07, 6.45) is 6.33. The highest BCUT2D eigenvalue weighted by Gasteiger charge is 2.12. The lowest BCUT2D eigenvalue weighted by atomic mass is 10.2. The molecule has 0 spiro atoms. The molecular formula is C16H19N3. The molecule has 0 atom stereocenters. The molecule has 1 N–H and O–H groups in total. The van der Waals surface area contributed by atoms with Crippen molar-refractivity contribution in [1.82, 2.24) is 4.98 Å². The van der Waals surface area contributed by atoms with Gasteiger partial charge in [-0.15, -0.1) is 0 Å². The fourth-order valence-electron chi connectivity index (χ4n) is 2.49. The number of rotatable bonds is 4. The zero-order chi connectivity index (χ0) is 12.9. The van der Waals surface area contributed by atoms with Crippen LogP contribution in [0.4, 0.5) is 11.4 Å². The largest absolute Gasteiger partial charge is 0.381 e. The van der Waals surface area contributed by atoms with Crippen LogP contribution in [0.25, 0.3) is 0 Å². The van der Waals surface area contributed by atoms with Crippen LogP contribution in [0.5, 0.6) is 0 Å². The van der Waals surface area contributed by atoms with Gasteiger partial charge in [0, 0.05) is 43.4 Å². The smallest absolute Gasteiger partial charge is 0.0416 e. The summed E-state index contributed by atoms with van der Waals surface area (Å²) in [7, 11) is 0. The fraction of sp³-hybridized carbons (Fsp3) is 0.312. The van der Waals surface area contributed by atoms with Crippen molar-refractivity contribution in [3.63, 3.8) is 0 Å². The molecule has 19 heavy (non-hydrogen) atoms. The van der Waals surface area contributed by atoms with Crippen molar-refractivity contribution < 1.29 is 0 Å². The predicted octanol–water partition coefficient (Wildman–Crippen LogP) is 3.29. The first-order valence-electron chi connectivity index (χ1n) is 6.89. The van der Waals surface area contributed by atoms with Crippen LogP contribution < -0.4 is 10.2 Å². The van der Waals surface area contributed by atoms with E-state index in [-0.39, 0.29) is 0 Å². The second kappa shape index (κ2) is 5.74. The number of hydrogen-bond donors (Lipinski definition) is 1. The lowest BCUT2D eigenvalue weighted by molar-refractivity contribution is 0.949. The standard InChI is InChI=1S/C16H19N3/c1-2-10-19(9-1)16-7-3-6-15(11-16)18-13-14-5-4-8-17-12-14/h3-8,11-12,18H,1-2,9-10,13H2. The van der Waals surface area contributed by atoms with Crippen molar-refractivity contribution in [2.24, 2.45) is 0 Å². The van der Waals surface area contributed by atoms with Crippen LogP contribution in [0.3, 0.4) is 0 Å². The van der Waals surface area contributed by atoms with E-state index < -0.39 is 0 Å². The van der Waals surface area contributed by atoms with E-state index in [1.807, 2.05) is 12.3 Å². The highest BCUT2D eigenvalue weighted by molar-refractivity contribution is 5.58. The van der Waals surface area contributed by atoms with E-state index in [1.165, 1.54) is 42.9 Å². The summed E-state index contributed by atoms with van der Waals surface area (Å²) in [5.41, 5.74) is 3.70. The van der Waals surface area contributed by atoms with E-state index in [1.54, 1.807) is 6.20 Å². The quantitative estimate of drug-likeness (QED) is 0.906. The maximum Gasteiger partial charge on any atom is 0.0416 e. The third-order valence-electron chi connectivity index (χ3n) is 3.54. The van der Waals surface area contributed by atoms with Crippen LogP contribution in [0.15, 0.2) is 48.8 Å². The lowest BCUT2D eigenvalue weighted by Gasteiger charge is -2.18. The first-order valence-corrected chi connectivity index (χ1v) is 6.89. The van der Waals surface area contributed by atoms with Crippen molar-refractivity contribution >= 4 is 11.4 Å². The second-order valence-electron chi connectivity index (χ2n) is 4.96. The van der Waals surface area contributed by atoms with Crippen LogP contribution >= 0.6 is 0 Å². The van der Waals surface area contributed by atoms with Gasteiger partial charge in [-0.05, 0) is 42.7 Å². The minimum Gasteiger partial charge on any atom is -0.381 e. The average Bonchev–Trinajstić information content (AvgIpc) is 3.01. The number of hydrogen-bond acceptors (Lipinski definition) is 3. The van der Waals surface area contributed by atoms with E-state index in [4.69, 9.17) is 0 Å². The molecule has 1 aliphatic rings. The third kappa shape index (κ3) is 3.05. The topological polar surface area (TPSA) is 28.2 Å². The Balaban J connectivity index is 1.66. The van der Waals surface area contributed by atoms with Crippen molar-refractivity contribution in [2.45, 2.75) is 19.4 Å². The van der Waals surface area contributed by atoms with Gasteiger partial charge in [0.05, 0.1) is 0 Å². The van der Waals surface area contributed by atoms with Crippen LogP contribution in [0.2, 0.25) is 0 Å². The Hall–Kier alpha value is -2.03. The molecule has 0 radical (unpaired) electrons. The van der Waals surface area contributed by atoms with Gasteiger partial charge >= 0.3 is 0 Å². The number of nitrogens with one attached hydrogen (secondary N) is 1. The van der Waals surface area contributed by atoms with Crippen LogP contribution in [0.1, 0.15) is 18.4 Å². The number of pyridine rings is 1. The normalized spacial score (nSPS) is 14.6. The minimum absolute atomic E-state index is 0.817. The predicted molar refractivity (Wildman–Crippen MR) is 79.5 cm³/mol. The maximum absolute atomic E-state index is 4.13. The van der Waals surface area contributed by atoms with Crippen molar-refractivity contribution in [3.8, 4) is 0 Å². The minimum atomic E-state index is 0.817. The van der Waals surface area contributed by atoms with E-state index >= 15 is 0 Å². The van der Waals surface area contributed by atoms with Crippen LogP contribution in [-0.2, 0) is 6.54 Å².